The molecule has 3 aromatic carbocycles. The number of thiazole rings is 1. The lowest BCUT2D eigenvalue weighted by Crippen LogP contribution is -2.30. The zero-order valence-electron chi connectivity index (χ0n) is 20.3. The third-order valence-corrected chi connectivity index (χ3v) is 8.40. The van der Waals surface area contributed by atoms with Gasteiger partial charge in [0.2, 0.25) is 0 Å². The molecule has 0 unspecified atom stereocenters. The van der Waals surface area contributed by atoms with Gasteiger partial charge in [-0.1, -0.05) is 22.9 Å². The summed E-state index contributed by atoms with van der Waals surface area (Å²) in [6.07, 6.45) is 1.55. The number of amides is 1. The number of hydrogen-bond acceptors (Lipinski definition) is 7. The van der Waals surface area contributed by atoms with E-state index in [0.29, 0.717) is 32.9 Å². The van der Waals surface area contributed by atoms with Gasteiger partial charge in [-0.15, -0.1) is 0 Å². The van der Waals surface area contributed by atoms with E-state index in [-0.39, 0.29) is 17.3 Å². The van der Waals surface area contributed by atoms with Gasteiger partial charge < -0.3 is 9.15 Å². The lowest BCUT2D eigenvalue weighted by Gasteiger charge is -2.19. The van der Waals surface area contributed by atoms with Gasteiger partial charge in [-0.25, -0.2) is 13.4 Å². The molecule has 0 aliphatic carbocycles. The van der Waals surface area contributed by atoms with E-state index in [1.807, 2.05) is 19.1 Å². The van der Waals surface area contributed by atoms with Crippen molar-refractivity contribution in [3.8, 4) is 5.75 Å². The van der Waals surface area contributed by atoms with Crippen LogP contribution in [0.5, 0.6) is 5.75 Å². The molecule has 2 aromatic heterocycles. The number of ether oxygens (including phenoxy) is 1. The first-order valence-electron chi connectivity index (χ1n) is 11.4. The van der Waals surface area contributed by atoms with Crippen LogP contribution in [0.2, 0.25) is 5.02 Å². The number of fused-ring (bicyclic) bond motifs is 1. The van der Waals surface area contributed by atoms with Gasteiger partial charge in [0.1, 0.15) is 11.5 Å². The summed E-state index contributed by atoms with van der Waals surface area (Å²) in [5.74, 6) is 0.835. The average Bonchev–Trinajstić information content (AvgIpc) is 3.57. The van der Waals surface area contributed by atoms with Crippen LogP contribution >= 0.6 is 22.9 Å². The minimum Gasteiger partial charge on any atom is -0.497 e. The number of nitrogens with one attached hydrogen (secondary N) is 1. The molecule has 8 nitrogen and oxygen atoms in total. The normalized spacial score (nSPS) is 11.4. The number of benzene rings is 3. The maximum absolute atomic E-state index is 13.7. The second kappa shape index (κ2) is 10.5. The molecule has 0 saturated carbocycles. The van der Waals surface area contributed by atoms with Crippen molar-refractivity contribution in [3.05, 3.63) is 101 Å². The van der Waals surface area contributed by atoms with E-state index in [0.717, 1.165) is 15.8 Å². The highest BCUT2D eigenvalue weighted by atomic mass is 35.5. The third-order valence-electron chi connectivity index (χ3n) is 5.76. The second-order valence-corrected chi connectivity index (χ2v) is 11.5. The zero-order valence-corrected chi connectivity index (χ0v) is 22.7. The fourth-order valence-corrected chi connectivity index (χ4v) is 6.33. The number of anilines is 2. The Balaban J connectivity index is 1.42. The number of carbonyl (C=O) groups excluding carboxylic acids is 1. The van der Waals surface area contributed by atoms with Crippen molar-refractivity contribution in [1.29, 1.82) is 0 Å². The minimum atomic E-state index is -3.82. The van der Waals surface area contributed by atoms with E-state index >= 15 is 0 Å². The number of carbonyl (C=O) groups is 1. The molecule has 0 fully saturated rings. The number of sulfonamides is 1. The van der Waals surface area contributed by atoms with Crippen molar-refractivity contribution in [1.82, 2.24) is 4.98 Å². The van der Waals surface area contributed by atoms with Gasteiger partial charge in [0, 0.05) is 16.3 Å². The van der Waals surface area contributed by atoms with Crippen LogP contribution in [0, 0.1) is 6.92 Å². The summed E-state index contributed by atoms with van der Waals surface area (Å²) >= 11 is 7.59. The number of halogens is 1. The Bertz CT molecular complexity index is 1700. The smallest absolute Gasteiger partial charge is 0.261 e. The number of furan rings is 1. The highest BCUT2D eigenvalue weighted by molar-refractivity contribution is 7.92. The van der Waals surface area contributed by atoms with E-state index in [2.05, 4.69) is 4.72 Å². The van der Waals surface area contributed by atoms with Gasteiger partial charge >= 0.3 is 0 Å². The predicted molar refractivity (Wildman–Crippen MR) is 149 cm³/mol. The average molecular weight is 568 g/mol. The molecular formula is C27H22ClN3O5S2. The summed E-state index contributed by atoms with van der Waals surface area (Å²) in [4.78, 5) is 20.0. The fourth-order valence-electron chi connectivity index (χ4n) is 3.85. The van der Waals surface area contributed by atoms with Gasteiger partial charge in [-0.2, -0.15) is 0 Å². The van der Waals surface area contributed by atoms with Crippen LogP contribution in [-0.2, 0) is 16.6 Å². The molecule has 0 radical (unpaired) electrons. The van der Waals surface area contributed by atoms with Gasteiger partial charge in [0.05, 0.1) is 35.0 Å². The molecule has 0 atom stereocenters. The van der Waals surface area contributed by atoms with Crippen molar-refractivity contribution >= 4 is 59.9 Å². The van der Waals surface area contributed by atoms with E-state index in [1.165, 1.54) is 35.5 Å². The SMILES string of the molecule is COc1ccc(S(=O)(=O)Nc2ccc(C(=O)N(Cc3ccco3)c3nc4c(C)cc(Cl)cc4s3)cc2)cc1. The summed E-state index contributed by atoms with van der Waals surface area (Å²) in [6, 6.07) is 19.5. The van der Waals surface area contributed by atoms with E-state index in [1.54, 1.807) is 54.8 Å². The second-order valence-electron chi connectivity index (χ2n) is 8.39. The molecule has 0 aliphatic rings. The molecule has 0 bridgehead atoms. The summed E-state index contributed by atoms with van der Waals surface area (Å²) in [5.41, 5.74) is 2.36. The molecule has 5 rings (SSSR count). The highest BCUT2D eigenvalue weighted by Gasteiger charge is 2.24. The van der Waals surface area contributed by atoms with Crippen molar-refractivity contribution in [3.63, 3.8) is 0 Å². The molecule has 5 aromatic rings. The Hall–Kier alpha value is -3.86. The lowest BCUT2D eigenvalue weighted by molar-refractivity contribution is 0.0983. The number of aromatic nitrogens is 1. The lowest BCUT2D eigenvalue weighted by atomic mass is 10.2. The monoisotopic (exact) mass is 567 g/mol. The summed E-state index contributed by atoms with van der Waals surface area (Å²) in [5, 5.41) is 1.10. The van der Waals surface area contributed by atoms with Crippen LogP contribution < -0.4 is 14.4 Å². The number of rotatable bonds is 8. The standard InChI is InChI=1S/C27H22ClN3O5S2/c1-17-14-19(28)15-24-25(17)29-27(37-24)31(16-22-4-3-13-36-22)26(32)18-5-7-20(8-6-18)30-38(33,34)23-11-9-21(35-2)10-12-23/h3-15,30H,16H2,1-2H3. The van der Waals surface area contributed by atoms with Crippen molar-refractivity contribution < 1.29 is 22.4 Å². The maximum Gasteiger partial charge on any atom is 0.261 e. The van der Waals surface area contributed by atoms with Crippen molar-refractivity contribution in [2.24, 2.45) is 0 Å². The summed E-state index contributed by atoms with van der Waals surface area (Å²) < 4.78 is 39.5. The molecule has 11 heteroatoms. The van der Waals surface area contributed by atoms with Gasteiger partial charge in [-0.3, -0.25) is 14.4 Å². The van der Waals surface area contributed by atoms with Gasteiger partial charge in [0.15, 0.2) is 5.13 Å². The van der Waals surface area contributed by atoms with Crippen LogP contribution in [0.15, 0.2) is 88.4 Å². The molecule has 1 amide bonds. The number of methoxy groups -OCH3 is 1. The predicted octanol–water partition coefficient (Wildman–Crippen LogP) is 6.51. The Morgan fingerprint density at radius 1 is 1.11 bits per heavy atom. The first-order chi connectivity index (χ1) is 18.2. The third kappa shape index (κ3) is 5.38. The van der Waals surface area contributed by atoms with E-state index in [4.69, 9.17) is 25.7 Å². The van der Waals surface area contributed by atoms with E-state index < -0.39 is 10.0 Å². The first-order valence-corrected chi connectivity index (χ1v) is 14.1. The Labute approximate surface area is 228 Å². The Morgan fingerprint density at radius 2 is 1.84 bits per heavy atom. The first kappa shape index (κ1) is 25.8. The minimum absolute atomic E-state index is 0.0920. The van der Waals surface area contributed by atoms with Crippen LogP contribution in [0.3, 0.4) is 0 Å². The molecule has 0 aliphatic heterocycles. The Morgan fingerprint density at radius 3 is 2.50 bits per heavy atom. The summed E-state index contributed by atoms with van der Waals surface area (Å²) in [7, 11) is -2.31. The molecule has 2 heterocycles. The number of hydrogen-bond donors (Lipinski definition) is 1. The zero-order chi connectivity index (χ0) is 26.9. The van der Waals surface area contributed by atoms with Crippen LogP contribution in [0.4, 0.5) is 10.8 Å². The number of aryl methyl sites for hydroxylation is 1. The molecular weight excluding hydrogens is 546 g/mol. The largest absolute Gasteiger partial charge is 0.497 e. The highest BCUT2D eigenvalue weighted by Crippen LogP contribution is 2.34. The van der Waals surface area contributed by atoms with Crippen LogP contribution in [0.1, 0.15) is 21.7 Å². The quantitative estimate of drug-likeness (QED) is 0.229. The van der Waals surface area contributed by atoms with Crippen LogP contribution in [-0.4, -0.2) is 26.4 Å². The molecule has 0 spiro atoms. The molecule has 1 N–H and O–H groups in total. The van der Waals surface area contributed by atoms with E-state index in [9.17, 15) is 13.2 Å². The Kier molecular flexibility index (Phi) is 7.11. The van der Waals surface area contributed by atoms with Crippen molar-refractivity contribution in [2.75, 3.05) is 16.7 Å². The molecule has 0 saturated heterocycles. The fraction of sp³-hybridized carbons (Fsp3) is 0.111. The molecule has 194 valence electrons. The summed E-state index contributed by atoms with van der Waals surface area (Å²) in [6.45, 7) is 2.09. The maximum atomic E-state index is 13.7. The molecule has 38 heavy (non-hydrogen) atoms. The van der Waals surface area contributed by atoms with Crippen LogP contribution in [0.25, 0.3) is 10.2 Å². The number of nitrogens with zero attached hydrogens (tertiary/aromatic N) is 2. The van der Waals surface area contributed by atoms with Crippen molar-refractivity contribution in [2.45, 2.75) is 18.4 Å². The van der Waals surface area contributed by atoms with Gasteiger partial charge in [0.25, 0.3) is 15.9 Å². The van der Waals surface area contributed by atoms with Gasteiger partial charge in [-0.05, 0) is 85.3 Å². The topological polar surface area (TPSA) is 102 Å².